The normalized spacial score (nSPS) is 12.9. The lowest BCUT2D eigenvalue weighted by molar-refractivity contribution is -0.150. The van der Waals surface area contributed by atoms with Gasteiger partial charge in [-0.15, -0.1) is 0 Å². The molecule has 0 spiro atoms. The summed E-state index contributed by atoms with van der Waals surface area (Å²) in [6, 6.07) is 15.1. The first-order chi connectivity index (χ1) is 18.7. The fraction of sp³-hybridized carbons (Fsp3) is 0.107. The second-order valence-corrected chi connectivity index (χ2v) is 8.99. The molecule has 1 atom stereocenters. The van der Waals surface area contributed by atoms with Crippen LogP contribution in [-0.2, 0) is 19.1 Å². The number of hydrogen-bond acceptors (Lipinski definition) is 8. The van der Waals surface area contributed by atoms with Crippen molar-refractivity contribution in [3.05, 3.63) is 104 Å². The van der Waals surface area contributed by atoms with Crippen LogP contribution in [-0.4, -0.2) is 45.8 Å². The quantitative estimate of drug-likeness (QED) is 0.188. The number of nitrogens with one attached hydrogen (secondary N) is 2. The van der Waals surface area contributed by atoms with E-state index in [0.717, 1.165) is 0 Å². The third kappa shape index (κ3) is 4.51. The van der Waals surface area contributed by atoms with Crippen LogP contribution in [0.3, 0.4) is 0 Å². The lowest BCUT2D eigenvalue weighted by atomic mass is 9.83. The monoisotopic (exact) mass is 543 g/mol. The van der Waals surface area contributed by atoms with E-state index >= 15 is 0 Å². The number of esters is 1. The predicted octanol–water partition coefficient (Wildman–Crippen LogP) is 3.21. The number of Topliss-reactive ketones (excluding diaryl/α,β-unsaturated/α-hetero) is 1. The number of aromatic nitrogens is 2. The van der Waals surface area contributed by atoms with Crippen LogP contribution in [0.15, 0.2) is 65.5 Å². The van der Waals surface area contributed by atoms with Crippen molar-refractivity contribution in [2.45, 2.75) is 12.8 Å². The van der Waals surface area contributed by atoms with Crippen molar-refractivity contribution in [3.8, 4) is 0 Å². The highest BCUT2D eigenvalue weighted by molar-refractivity contribution is 6.45. The minimum absolute atomic E-state index is 0.0289. The summed E-state index contributed by atoms with van der Waals surface area (Å²) < 4.78 is 4.97. The van der Waals surface area contributed by atoms with Gasteiger partial charge in [-0.05, 0) is 37.3 Å². The maximum atomic E-state index is 13.3. The molecular weight excluding hydrogens is 526 g/mol. The van der Waals surface area contributed by atoms with Crippen molar-refractivity contribution in [1.82, 2.24) is 9.97 Å². The number of carbonyl (C=O) groups is 5. The molecule has 4 aromatic rings. The number of halogens is 1. The number of benzene rings is 3. The van der Waals surface area contributed by atoms with E-state index in [9.17, 15) is 28.8 Å². The molecule has 1 amide bonds. The lowest BCUT2D eigenvalue weighted by Gasteiger charge is -2.19. The summed E-state index contributed by atoms with van der Waals surface area (Å²) in [6.07, 6.45) is 0. The Morgan fingerprint density at radius 2 is 1.67 bits per heavy atom. The first-order valence-corrected chi connectivity index (χ1v) is 12.1. The van der Waals surface area contributed by atoms with Crippen molar-refractivity contribution < 1.29 is 28.7 Å². The fourth-order valence-corrected chi connectivity index (χ4v) is 4.60. The second-order valence-electron chi connectivity index (χ2n) is 8.55. The number of rotatable bonds is 6. The average molecular weight is 544 g/mol. The van der Waals surface area contributed by atoms with Crippen molar-refractivity contribution in [1.29, 1.82) is 0 Å². The number of ketones is 3. The Kier molecular flexibility index (Phi) is 6.63. The molecule has 5 rings (SSSR count). The molecule has 11 heteroatoms. The van der Waals surface area contributed by atoms with Crippen LogP contribution in [0.4, 0.5) is 5.69 Å². The van der Waals surface area contributed by atoms with Crippen LogP contribution in [0.5, 0.6) is 0 Å². The van der Waals surface area contributed by atoms with Crippen LogP contribution in [0.25, 0.3) is 11.0 Å². The molecule has 1 aliphatic carbocycles. The molecule has 0 fully saturated rings. The van der Waals surface area contributed by atoms with Gasteiger partial charge in [0.1, 0.15) is 5.69 Å². The zero-order valence-corrected chi connectivity index (χ0v) is 21.0. The van der Waals surface area contributed by atoms with E-state index in [1.807, 2.05) is 0 Å². The third-order valence-corrected chi connectivity index (χ3v) is 6.38. The summed E-state index contributed by atoms with van der Waals surface area (Å²) in [7, 11) is 0. The van der Waals surface area contributed by atoms with Crippen molar-refractivity contribution in [2.75, 3.05) is 11.9 Å². The largest absolute Gasteiger partial charge is 0.465 e. The van der Waals surface area contributed by atoms with E-state index in [2.05, 4.69) is 15.3 Å². The number of hydrogen-bond donors (Lipinski definition) is 2. The van der Waals surface area contributed by atoms with Gasteiger partial charge in [0.2, 0.25) is 5.78 Å². The first kappa shape index (κ1) is 25.7. The number of fused-ring (bicyclic) bond motifs is 4. The molecule has 10 nitrogen and oxygen atoms in total. The van der Waals surface area contributed by atoms with E-state index < -0.39 is 46.4 Å². The average Bonchev–Trinajstić information content (AvgIpc) is 2.91. The van der Waals surface area contributed by atoms with E-state index in [-0.39, 0.29) is 45.6 Å². The number of amides is 1. The first-order valence-electron chi connectivity index (χ1n) is 11.7. The molecule has 0 aliphatic heterocycles. The standard InChI is InChI=1S/C28H18ClN3O7/c1-2-39-28(38)20(25(35)27(37)30-14-7-5-6-13(29)12-14)22-26(36)32-21-18(31-22)11-10-17-19(21)24(34)16-9-4-3-8-15(16)23(17)33/h3-12,20H,2H2,1H3,(H,30,37)(H,32,36)/t20-/m0/s1. The molecule has 39 heavy (non-hydrogen) atoms. The highest BCUT2D eigenvalue weighted by atomic mass is 35.5. The van der Waals surface area contributed by atoms with Gasteiger partial charge < -0.3 is 15.0 Å². The topological polar surface area (TPSA) is 152 Å². The van der Waals surface area contributed by atoms with Crippen LogP contribution in [0.1, 0.15) is 50.4 Å². The molecule has 0 radical (unpaired) electrons. The summed E-state index contributed by atoms with van der Waals surface area (Å²) in [4.78, 5) is 85.0. The highest BCUT2D eigenvalue weighted by Gasteiger charge is 2.39. The van der Waals surface area contributed by atoms with E-state index in [4.69, 9.17) is 16.3 Å². The number of nitrogens with zero attached hydrogens (tertiary/aromatic N) is 1. The Morgan fingerprint density at radius 1 is 0.949 bits per heavy atom. The zero-order valence-electron chi connectivity index (χ0n) is 20.2. The van der Waals surface area contributed by atoms with Crippen molar-refractivity contribution in [3.63, 3.8) is 0 Å². The Labute approximate surface area is 225 Å². The number of ether oxygens (including phenoxy) is 1. The van der Waals surface area contributed by atoms with Crippen LogP contribution in [0, 0.1) is 0 Å². The van der Waals surface area contributed by atoms with E-state index in [1.165, 1.54) is 43.3 Å². The fourth-order valence-electron chi connectivity index (χ4n) is 4.41. The smallest absolute Gasteiger partial charge is 0.323 e. The Morgan fingerprint density at radius 3 is 2.36 bits per heavy atom. The van der Waals surface area contributed by atoms with Crippen molar-refractivity contribution in [2.24, 2.45) is 0 Å². The molecular formula is C28H18ClN3O7. The van der Waals surface area contributed by atoms with Gasteiger partial charge in [0.05, 0.1) is 23.2 Å². The molecule has 2 N–H and O–H groups in total. The minimum Gasteiger partial charge on any atom is -0.465 e. The summed E-state index contributed by atoms with van der Waals surface area (Å²) in [5.41, 5.74) is -0.975. The molecule has 194 valence electrons. The Bertz CT molecular complexity index is 1790. The maximum absolute atomic E-state index is 13.3. The number of H-pyrrole nitrogens is 1. The highest BCUT2D eigenvalue weighted by Crippen LogP contribution is 2.31. The van der Waals surface area contributed by atoms with Gasteiger partial charge in [-0.1, -0.05) is 41.9 Å². The van der Waals surface area contributed by atoms with E-state index in [1.54, 1.807) is 24.3 Å². The molecule has 0 bridgehead atoms. The summed E-state index contributed by atoms with van der Waals surface area (Å²) >= 11 is 5.92. The molecule has 3 aromatic carbocycles. The van der Waals surface area contributed by atoms with Crippen molar-refractivity contribution >= 4 is 57.5 Å². The maximum Gasteiger partial charge on any atom is 0.323 e. The lowest BCUT2D eigenvalue weighted by Crippen LogP contribution is -2.37. The number of carbonyl (C=O) groups excluding carboxylic acids is 5. The van der Waals surface area contributed by atoms with Gasteiger partial charge in [0.25, 0.3) is 11.5 Å². The van der Waals surface area contributed by atoms with E-state index in [0.29, 0.717) is 5.02 Å². The van der Waals surface area contributed by atoms with Gasteiger partial charge in [-0.3, -0.25) is 28.8 Å². The van der Waals surface area contributed by atoms with Crippen LogP contribution >= 0.6 is 11.6 Å². The molecule has 1 heterocycles. The van der Waals surface area contributed by atoms with Crippen LogP contribution < -0.4 is 10.9 Å². The van der Waals surface area contributed by atoms with Gasteiger partial charge in [-0.25, -0.2) is 4.98 Å². The summed E-state index contributed by atoms with van der Waals surface area (Å²) in [5.74, 6) is -6.52. The van der Waals surface area contributed by atoms with Gasteiger partial charge in [0.15, 0.2) is 17.5 Å². The molecule has 0 saturated carbocycles. The molecule has 0 unspecified atom stereocenters. The van der Waals surface area contributed by atoms with Gasteiger partial charge in [-0.2, -0.15) is 0 Å². The minimum atomic E-state index is -1.99. The second kappa shape index (κ2) is 10.1. The molecule has 0 saturated heterocycles. The van der Waals surface area contributed by atoms with Gasteiger partial charge in [0, 0.05) is 27.4 Å². The number of aromatic amines is 1. The Balaban J connectivity index is 1.60. The number of anilines is 1. The predicted molar refractivity (Wildman–Crippen MR) is 140 cm³/mol. The van der Waals surface area contributed by atoms with Gasteiger partial charge >= 0.3 is 5.97 Å². The van der Waals surface area contributed by atoms with Crippen LogP contribution in [0.2, 0.25) is 5.02 Å². The third-order valence-electron chi connectivity index (χ3n) is 6.15. The SMILES string of the molecule is CCOC(=O)[C@H](C(=O)C(=O)Nc1cccc(Cl)c1)c1nc2ccc3c(c2[nH]c1=O)C(=O)c1ccccc1C3=O. The molecule has 1 aromatic heterocycles. The zero-order chi connectivity index (χ0) is 27.8. The molecule has 1 aliphatic rings. The Hall–Kier alpha value is -4.96. The summed E-state index contributed by atoms with van der Waals surface area (Å²) in [5, 5.41) is 2.64. The summed E-state index contributed by atoms with van der Waals surface area (Å²) in [6.45, 7) is 1.36.